The number of esters is 1. The number of hydrogen-bond donors (Lipinski definition) is 1. The molecule has 3 aromatic heterocycles. The Bertz CT molecular complexity index is 2040. The lowest BCUT2D eigenvalue weighted by atomic mass is 9.95. The zero-order valence-corrected chi connectivity index (χ0v) is 30.5. The highest BCUT2D eigenvalue weighted by Gasteiger charge is 2.49. The first-order valence-electron chi connectivity index (χ1n) is 18.6. The first-order chi connectivity index (χ1) is 25.7. The van der Waals surface area contributed by atoms with Crippen molar-refractivity contribution in [2.24, 2.45) is 0 Å². The highest BCUT2D eigenvalue weighted by molar-refractivity contribution is 6.34. The number of ether oxygens (including phenoxy) is 3. The Balaban J connectivity index is 1.26. The van der Waals surface area contributed by atoms with Crippen molar-refractivity contribution in [3.05, 3.63) is 40.9 Å². The number of hydrogen-bond acceptors (Lipinski definition) is 11. The zero-order chi connectivity index (χ0) is 36.7. The van der Waals surface area contributed by atoms with Crippen LogP contribution in [0.4, 0.5) is 14.6 Å². The normalized spacial score (nSPS) is 25.2. The van der Waals surface area contributed by atoms with Gasteiger partial charge in [0.1, 0.15) is 29.8 Å². The van der Waals surface area contributed by atoms with E-state index in [9.17, 15) is 14.3 Å². The fraction of sp³-hybridized carbons (Fsp3) is 0.553. The number of allylic oxidation sites excluding steroid dienone is 1. The summed E-state index contributed by atoms with van der Waals surface area (Å²) in [5, 5.41) is 16.6. The van der Waals surface area contributed by atoms with Crippen molar-refractivity contribution in [1.82, 2.24) is 29.6 Å². The number of aliphatic hydroxyl groups excluding tert-OH is 1. The van der Waals surface area contributed by atoms with Gasteiger partial charge < -0.3 is 24.2 Å². The second-order valence-corrected chi connectivity index (χ2v) is 15.0. The molecular formula is C38H44ClF2N7O5. The van der Waals surface area contributed by atoms with Crippen LogP contribution in [0.2, 0.25) is 5.02 Å². The van der Waals surface area contributed by atoms with Gasteiger partial charge in [-0.2, -0.15) is 15.1 Å². The number of piperidine rings is 1. The minimum Gasteiger partial charge on any atom is -0.469 e. The second-order valence-electron chi connectivity index (χ2n) is 14.6. The van der Waals surface area contributed by atoms with Crippen molar-refractivity contribution in [3.63, 3.8) is 0 Å². The van der Waals surface area contributed by atoms with E-state index in [1.165, 1.54) is 7.11 Å². The third kappa shape index (κ3) is 6.94. The van der Waals surface area contributed by atoms with Crippen LogP contribution in [0.5, 0.6) is 6.01 Å². The largest absolute Gasteiger partial charge is 0.469 e. The molecule has 0 radical (unpaired) electrons. The van der Waals surface area contributed by atoms with Crippen LogP contribution < -0.4 is 9.64 Å². The van der Waals surface area contributed by atoms with Gasteiger partial charge in [-0.1, -0.05) is 23.8 Å². The predicted octanol–water partition coefficient (Wildman–Crippen LogP) is 6.42. The molecule has 12 nitrogen and oxygen atoms in total. The molecule has 0 bridgehead atoms. The molecule has 8 rings (SSSR count). The molecule has 1 N–H and O–H groups in total. The SMILES string of the molecule is COC(=O)CC/C=C\c1c(Cl)cc2c(cnn2C2CCCCO2)c1-c1ncc2c(N3CCC[C@@H](O)C3)nc(OC[C@@]34CCCN3C[C@H](F)C4)nc2c1F. The number of carbonyl (C=O) groups excluding carboxylic acids is 1. The summed E-state index contributed by atoms with van der Waals surface area (Å²) < 4.78 is 50.9. The number of β-amino-alcohol motifs (C(OH)–C–C–N with tert-alkyl or cyclic N) is 1. The summed E-state index contributed by atoms with van der Waals surface area (Å²) >= 11 is 7.01. The molecule has 282 valence electrons. The molecule has 4 fully saturated rings. The third-order valence-corrected chi connectivity index (χ3v) is 11.5. The number of methoxy groups -OCH3 is 1. The van der Waals surface area contributed by atoms with Crippen LogP contribution in [0.15, 0.2) is 24.5 Å². The van der Waals surface area contributed by atoms with Gasteiger partial charge in [-0.25, -0.2) is 13.5 Å². The number of halogens is 3. The molecule has 4 saturated heterocycles. The van der Waals surface area contributed by atoms with E-state index in [4.69, 9.17) is 40.9 Å². The van der Waals surface area contributed by atoms with Crippen LogP contribution in [-0.4, -0.2) is 105 Å². The molecule has 4 aromatic rings. The lowest BCUT2D eigenvalue weighted by molar-refractivity contribution is -0.140. The van der Waals surface area contributed by atoms with Gasteiger partial charge in [0, 0.05) is 61.8 Å². The number of carbonyl (C=O) groups is 1. The van der Waals surface area contributed by atoms with Crippen LogP contribution in [0.25, 0.3) is 39.1 Å². The standard InChI is InChI=1S/C38H44ClF2N7O5/c1-51-31(50)11-3-2-9-25-28(39)16-29-26(19-43-48(29)30-10-4-5-15-52-30)32(25)35-33(41)34-27(18-42-35)36(46-13-6-8-24(49)21-46)45-37(44-34)53-22-38-12-7-14-47(38)20-23(40)17-38/h2,9,16,18-19,23-24,30,49H,3-8,10-15,17,20-22H2,1H3/b9-2-/t23-,24-,30?,38+/m1/s1. The van der Waals surface area contributed by atoms with Crippen molar-refractivity contribution < 1.29 is 32.9 Å². The van der Waals surface area contributed by atoms with Crippen molar-refractivity contribution in [2.45, 2.75) is 88.3 Å². The fourth-order valence-corrected chi connectivity index (χ4v) is 8.80. The highest BCUT2D eigenvalue weighted by Crippen LogP contribution is 2.43. The fourth-order valence-electron chi connectivity index (χ4n) is 8.54. The van der Waals surface area contributed by atoms with Crippen molar-refractivity contribution in [3.8, 4) is 17.3 Å². The summed E-state index contributed by atoms with van der Waals surface area (Å²) in [7, 11) is 1.34. The molecular weight excluding hydrogens is 708 g/mol. The number of benzene rings is 1. The smallest absolute Gasteiger partial charge is 0.319 e. The lowest BCUT2D eigenvalue weighted by Gasteiger charge is -2.32. The van der Waals surface area contributed by atoms with Gasteiger partial charge in [-0.15, -0.1) is 0 Å². The minimum atomic E-state index is -0.930. The minimum absolute atomic E-state index is 0.00221. The Hall–Kier alpha value is -3.98. The number of fused-ring (bicyclic) bond motifs is 3. The molecule has 0 spiro atoms. The van der Waals surface area contributed by atoms with Crippen LogP contribution in [0.1, 0.15) is 76.0 Å². The summed E-state index contributed by atoms with van der Waals surface area (Å²) in [6, 6.07) is 1.78. The van der Waals surface area contributed by atoms with Gasteiger partial charge in [0.05, 0.1) is 40.9 Å². The average Bonchev–Trinajstić information content (AvgIpc) is 3.85. The number of alkyl halides is 1. The maximum absolute atomic E-state index is 17.4. The maximum Gasteiger partial charge on any atom is 0.319 e. The van der Waals surface area contributed by atoms with Crippen LogP contribution in [-0.2, 0) is 14.3 Å². The topological polar surface area (TPSA) is 128 Å². The molecule has 0 saturated carbocycles. The monoisotopic (exact) mass is 751 g/mol. The van der Waals surface area contributed by atoms with E-state index in [1.807, 2.05) is 4.90 Å². The van der Waals surface area contributed by atoms with Gasteiger partial charge in [0.25, 0.3) is 0 Å². The Morgan fingerprint density at radius 1 is 1.15 bits per heavy atom. The van der Waals surface area contributed by atoms with Crippen molar-refractivity contribution >= 4 is 51.3 Å². The Morgan fingerprint density at radius 3 is 2.85 bits per heavy atom. The molecule has 15 heteroatoms. The molecule has 0 aliphatic carbocycles. The van der Waals surface area contributed by atoms with Gasteiger partial charge >= 0.3 is 12.0 Å². The molecule has 53 heavy (non-hydrogen) atoms. The van der Waals surface area contributed by atoms with Crippen LogP contribution >= 0.6 is 11.6 Å². The number of rotatable bonds is 10. The highest BCUT2D eigenvalue weighted by atomic mass is 35.5. The summed E-state index contributed by atoms with van der Waals surface area (Å²) in [6.07, 6.45) is 11.8. The van der Waals surface area contributed by atoms with E-state index in [0.29, 0.717) is 83.8 Å². The maximum atomic E-state index is 17.4. The summed E-state index contributed by atoms with van der Waals surface area (Å²) in [4.78, 5) is 30.0. The van der Waals surface area contributed by atoms with E-state index in [-0.39, 0.29) is 42.4 Å². The summed E-state index contributed by atoms with van der Waals surface area (Å²) in [5.74, 6) is -0.633. The second kappa shape index (κ2) is 15.0. The van der Waals surface area contributed by atoms with Crippen LogP contribution in [0, 0.1) is 5.82 Å². The number of anilines is 1. The number of nitrogens with zero attached hydrogens (tertiary/aromatic N) is 7. The Kier molecular flexibility index (Phi) is 10.2. The van der Waals surface area contributed by atoms with E-state index in [1.54, 1.807) is 35.3 Å². The van der Waals surface area contributed by atoms with E-state index in [0.717, 1.165) is 45.1 Å². The van der Waals surface area contributed by atoms with Gasteiger partial charge in [-0.3, -0.25) is 14.7 Å². The van der Waals surface area contributed by atoms with E-state index < -0.39 is 23.6 Å². The molecule has 4 aliphatic heterocycles. The first kappa shape index (κ1) is 36.0. The molecule has 1 aromatic carbocycles. The van der Waals surface area contributed by atoms with E-state index >= 15 is 4.39 Å². The Morgan fingerprint density at radius 2 is 2.04 bits per heavy atom. The summed E-state index contributed by atoms with van der Waals surface area (Å²) in [6.45, 7) is 2.89. The number of aliphatic hydroxyl groups is 1. The van der Waals surface area contributed by atoms with Crippen molar-refractivity contribution in [1.29, 1.82) is 0 Å². The quantitative estimate of drug-likeness (QED) is 0.181. The Labute approximate surface area is 311 Å². The molecule has 1 unspecified atom stereocenters. The average molecular weight is 752 g/mol. The van der Waals surface area contributed by atoms with Gasteiger partial charge in [0.15, 0.2) is 12.0 Å². The number of aromatic nitrogens is 5. The molecule has 4 aliphatic rings. The molecule has 7 heterocycles. The zero-order valence-electron chi connectivity index (χ0n) is 29.8. The van der Waals surface area contributed by atoms with Gasteiger partial charge in [-0.05, 0) is 64.0 Å². The molecule has 4 atom stereocenters. The third-order valence-electron chi connectivity index (χ3n) is 11.2. The van der Waals surface area contributed by atoms with E-state index in [2.05, 4.69) is 9.88 Å². The summed E-state index contributed by atoms with van der Waals surface area (Å²) in [5.41, 5.74) is 1.15. The van der Waals surface area contributed by atoms with Crippen molar-refractivity contribution in [2.75, 3.05) is 51.4 Å². The first-order valence-corrected chi connectivity index (χ1v) is 19.0. The predicted molar refractivity (Wildman–Crippen MR) is 196 cm³/mol. The molecule has 0 amide bonds. The van der Waals surface area contributed by atoms with Crippen LogP contribution in [0.3, 0.4) is 0 Å². The number of pyridine rings is 1. The van der Waals surface area contributed by atoms with Gasteiger partial charge in [0.2, 0.25) is 0 Å². The lowest BCUT2D eigenvalue weighted by Crippen LogP contribution is -2.43.